The van der Waals surface area contributed by atoms with E-state index in [-0.39, 0.29) is 5.91 Å². The molecule has 0 atom stereocenters. The van der Waals surface area contributed by atoms with E-state index in [1.54, 1.807) is 24.3 Å². The highest BCUT2D eigenvalue weighted by atomic mass is 35.5. The Labute approximate surface area is 149 Å². The van der Waals surface area contributed by atoms with E-state index >= 15 is 0 Å². The zero-order chi connectivity index (χ0) is 16.8. The normalized spacial score (nSPS) is 10.5. The third-order valence-electron chi connectivity index (χ3n) is 3.38. The van der Waals surface area contributed by atoms with Gasteiger partial charge in [0.1, 0.15) is 0 Å². The molecule has 2 aromatic carbocycles. The van der Waals surface area contributed by atoms with Gasteiger partial charge < -0.3 is 10.3 Å². The molecule has 0 unspecified atom stereocenters. The number of aromatic nitrogens is 2. The summed E-state index contributed by atoms with van der Waals surface area (Å²) in [5.41, 5.74) is 1.74. The molecule has 6 heteroatoms. The van der Waals surface area contributed by atoms with Crippen molar-refractivity contribution in [3.63, 3.8) is 0 Å². The van der Waals surface area contributed by atoms with E-state index in [9.17, 15) is 4.79 Å². The van der Waals surface area contributed by atoms with E-state index in [1.165, 1.54) is 0 Å². The number of halogens is 1. The van der Waals surface area contributed by atoms with Gasteiger partial charge in [-0.1, -0.05) is 35.5 Å². The van der Waals surface area contributed by atoms with Crippen LogP contribution in [0.25, 0.3) is 0 Å². The van der Waals surface area contributed by atoms with E-state index in [4.69, 9.17) is 11.6 Å². The summed E-state index contributed by atoms with van der Waals surface area (Å²) >= 11 is 7.76. The van der Waals surface area contributed by atoms with Gasteiger partial charge in [0.05, 0.1) is 11.3 Å². The second-order valence-electron chi connectivity index (χ2n) is 5.18. The first kappa shape index (κ1) is 16.6. The Morgan fingerprint density at radius 3 is 2.67 bits per heavy atom. The minimum Gasteiger partial charge on any atom is -0.348 e. The summed E-state index contributed by atoms with van der Waals surface area (Å²) < 4.78 is 0. The number of amides is 1. The fourth-order valence-electron chi connectivity index (χ4n) is 2.15. The zero-order valence-corrected chi connectivity index (χ0v) is 14.4. The summed E-state index contributed by atoms with van der Waals surface area (Å²) in [6, 6.07) is 15.5. The van der Waals surface area contributed by atoms with Crippen LogP contribution in [0.2, 0.25) is 5.02 Å². The molecule has 0 fully saturated rings. The quantitative estimate of drug-likeness (QED) is 0.667. The summed E-state index contributed by atoms with van der Waals surface area (Å²) in [5, 5.41) is 3.63. The number of hydrogen-bond acceptors (Lipinski definition) is 3. The number of aryl methyl sites for hydroxylation is 1. The Morgan fingerprint density at radius 1 is 1.17 bits per heavy atom. The lowest BCUT2D eigenvalue weighted by Gasteiger charge is -2.07. The molecule has 24 heavy (non-hydrogen) atoms. The summed E-state index contributed by atoms with van der Waals surface area (Å²) in [6.07, 6.45) is 4.40. The van der Waals surface area contributed by atoms with Crippen LogP contribution in [0.1, 0.15) is 12.1 Å². The maximum absolute atomic E-state index is 12.0. The summed E-state index contributed by atoms with van der Waals surface area (Å²) in [5.74, 6) is -0.0175. The van der Waals surface area contributed by atoms with Crippen LogP contribution < -0.4 is 5.32 Å². The van der Waals surface area contributed by atoms with E-state index in [1.807, 2.05) is 48.5 Å². The molecular weight excluding hydrogens is 342 g/mol. The summed E-state index contributed by atoms with van der Waals surface area (Å²) in [4.78, 5) is 21.0. The second kappa shape index (κ2) is 8.04. The molecule has 0 spiro atoms. The Morgan fingerprint density at radius 2 is 1.96 bits per heavy atom. The standard InChI is InChI=1S/C18H16ClN3OS/c19-16-3-1-2-4-17(16)24-15-8-5-13(6-9-15)22-18(23)10-7-14-11-20-12-21-14/h1-6,8-9,11-12H,7,10H2,(H,20,21)(H,22,23). The molecule has 3 rings (SSSR count). The Balaban J connectivity index is 1.54. The van der Waals surface area contributed by atoms with E-state index in [0.29, 0.717) is 12.8 Å². The molecule has 1 heterocycles. The Bertz CT molecular complexity index is 803. The van der Waals surface area contributed by atoms with Gasteiger partial charge in [-0.3, -0.25) is 4.79 Å². The fourth-order valence-corrected chi connectivity index (χ4v) is 3.24. The smallest absolute Gasteiger partial charge is 0.224 e. The van der Waals surface area contributed by atoms with Crippen LogP contribution in [0.5, 0.6) is 0 Å². The van der Waals surface area contributed by atoms with Crippen molar-refractivity contribution in [3.8, 4) is 0 Å². The molecule has 122 valence electrons. The van der Waals surface area contributed by atoms with Crippen LogP contribution in [0.4, 0.5) is 5.69 Å². The molecule has 1 amide bonds. The van der Waals surface area contributed by atoms with Gasteiger partial charge in [0.25, 0.3) is 0 Å². The molecule has 0 aliphatic rings. The average Bonchev–Trinajstić information content (AvgIpc) is 3.10. The number of carbonyl (C=O) groups excluding carboxylic acids is 1. The molecule has 4 nitrogen and oxygen atoms in total. The number of hydrogen-bond donors (Lipinski definition) is 2. The van der Waals surface area contributed by atoms with Gasteiger partial charge in [-0.05, 0) is 42.8 Å². The van der Waals surface area contributed by atoms with Crippen LogP contribution in [-0.2, 0) is 11.2 Å². The predicted octanol–water partition coefficient (Wildman–Crippen LogP) is 4.79. The van der Waals surface area contributed by atoms with Crippen molar-refractivity contribution in [3.05, 3.63) is 71.8 Å². The van der Waals surface area contributed by atoms with Crippen molar-refractivity contribution in [1.82, 2.24) is 9.97 Å². The van der Waals surface area contributed by atoms with Crippen molar-refractivity contribution in [2.45, 2.75) is 22.6 Å². The highest BCUT2D eigenvalue weighted by molar-refractivity contribution is 7.99. The lowest BCUT2D eigenvalue weighted by Crippen LogP contribution is -2.12. The summed E-state index contributed by atoms with van der Waals surface area (Å²) in [7, 11) is 0. The minimum atomic E-state index is -0.0175. The number of rotatable bonds is 6. The molecule has 0 bridgehead atoms. The van der Waals surface area contributed by atoms with E-state index < -0.39 is 0 Å². The number of aromatic amines is 1. The van der Waals surface area contributed by atoms with Crippen LogP contribution >= 0.6 is 23.4 Å². The van der Waals surface area contributed by atoms with Crippen LogP contribution in [0, 0.1) is 0 Å². The minimum absolute atomic E-state index is 0.0175. The number of benzene rings is 2. The molecule has 0 aliphatic heterocycles. The molecule has 0 radical (unpaired) electrons. The van der Waals surface area contributed by atoms with Crippen molar-refractivity contribution >= 4 is 35.0 Å². The van der Waals surface area contributed by atoms with Gasteiger partial charge in [0.2, 0.25) is 5.91 Å². The first-order valence-electron chi connectivity index (χ1n) is 7.50. The maximum Gasteiger partial charge on any atom is 0.224 e. The molecule has 2 N–H and O–H groups in total. The number of nitrogens with one attached hydrogen (secondary N) is 2. The third-order valence-corrected chi connectivity index (χ3v) is 4.90. The van der Waals surface area contributed by atoms with Crippen LogP contribution in [-0.4, -0.2) is 15.9 Å². The molecule has 0 aliphatic carbocycles. The van der Waals surface area contributed by atoms with Gasteiger partial charge in [0.15, 0.2) is 0 Å². The maximum atomic E-state index is 12.0. The largest absolute Gasteiger partial charge is 0.348 e. The third kappa shape index (κ3) is 4.63. The monoisotopic (exact) mass is 357 g/mol. The molecule has 0 saturated heterocycles. The number of imidazole rings is 1. The van der Waals surface area contributed by atoms with Crippen molar-refractivity contribution in [2.24, 2.45) is 0 Å². The SMILES string of the molecule is O=C(CCc1cnc[nH]1)Nc1ccc(Sc2ccccc2Cl)cc1. The van der Waals surface area contributed by atoms with Crippen molar-refractivity contribution < 1.29 is 4.79 Å². The second-order valence-corrected chi connectivity index (χ2v) is 6.70. The Hall–Kier alpha value is -2.24. The van der Waals surface area contributed by atoms with Crippen LogP contribution in [0.3, 0.4) is 0 Å². The van der Waals surface area contributed by atoms with Gasteiger partial charge >= 0.3 is 0 Å². The van der Waals surface area contributed by atoms with Gasteiger partial charge in [-0.15, -0.1) is 0 Å². The van der Waals surface area contributed by atoms with E-state index in [0.717, 1.165) is 26.2 Å². The van der Waals surface area contributed by atoms with E-state index in [2.05, 4.69) is 15.3 Å². The summed E-state index contributed by atoms with van der Waals surface area (Å²) in [6.45, 7) is 0. The van der Waals surface area contributed by atoms with Gasteiger partial charge in [-0.25, -0.2) is 4.98 Å². The Kier molecular flexibility index (Phi) is 5.56. The first-order valence-corrected chi connectivity index (χ1v) is 8.70. The molecule has 1 aromatic heterocycles. The number of H-pyrrole nitrogens is 1. The zero-order valence-electron chi connectivity index (χ0n) is 12.8. The topological polar surface area (TPSA) is 57.8 Å². The average molecular weight is 358 g/mol. The highest BCUT2D eigenvalue weighted by Gasteiger charge is 2.05. The highest BCUT2D eigenvalue weighted by Crippen LogP contribution is 2.33. The first-order chi connectivity index (χ1) is 11.7. The number of carbonyl (C=O) groups is 1. The predicted molar refractivity (Wildman–Crippen MR) is 97.6 cm³/mol. The number of anilines is 1. The van der Waals surface area contributed by atoms with Crippen molar-refractivity contribution in [2.75, 3.05) is 5.32 Å². The van der Waals surface area contributed by atoms with Gasteiger partial charge in [0, 0.05) is 33.8 Å². The molecule has 3 aromatic rings. The fraction of sp³-hybridized carbons (Fsp3) is 0.111. The lowest BCUT2D eigenvalue weighted by molar-refractivity contribution is -0.116. The van der Waals surface area contributed by atoms with Gasteiger partial charge in [-0.2, -0.15) is 0 Å². The molecular formula is C18H16ClN3OS. The number of nitrogens with zero attached hydrogens (tertiary/aromatic N) is 1. The molecule has 0 saturated carbocycles. The van der Waals surface area contributed by atoms with Crippen LogP contribution in [0.15, 0.2) is 70.8 Å². The lowest BCUT2D eigenvalue weighted by atomic mass is 10.2. The van der Waals surface area contributed by atoms with Crippen molar-refractivity contribution in [1.29, 1.82) is 0 Å².